The molecule has 1 rings (SSSR count). The van der Waals surface area contributed by atoms with E-state index in [0.29, 0.717) is 6.61 Å². The van der Waals surface area contributed by atoms with E-state index < -0.39 is 0 Å². The summed E-state index contributed by atoms with van der Waals surface area (Å²) < 4.78 is 5.33. The molecule has 0 heterocycles. The van der Waals surface area contributed by atoms with Crippen LogP contribution < -0.4 is 10.5 Å². The average molecular weight is 181 g/mol. The molecule has 0 aliphatic carbocycles. The molecule has 72 valence electrons. The second-order valence-corrected chi connectivity index (χ2v) is 2.79. The number of ether oxygens (including phenoxy) is 1. The number of benzene rings is 1. The Bertz CT molecular complexity index is 274. The zero-order valence-corrected chi connectivity index (χ0v) is 7.79. The standard InChI is InChI=1S/C10H15NO2/c1-2-8-7-9(11)3-4-10(8)13-6-5-12/h3-4,7,12H,2,5-6,11H2,1H3. The van der Waals surface area contributed by atoms with E-state index in [0.717, 1.165) is 23.4 Å². The molecule has 0 radical (unpaired) electrons. The average Bonchev–Trinajstić information content (AvgIpc) is 2.16. The van der Waals surface area contributed by atoms with Crippen LogP contribution >= 0.6 is 0 Å². The number of anilines is 1. The number of aryl methyl sites for hydroxylation is 1. The third-order valence-electron chi connectivity index (χ3n) is 1.81. The summed E-state index contributed by atoms with van der Waals surface area (Å²) in [6.45, 7) is 2.41. The molecule has 0 aromatic heterocycles. The lowest BCUT2D eigenvalue weighted by molar-refractivity contribution is 0.200. The van der Waals surface area contributed by atoms with Gasteiger partial charge in [0.25, 0.3) is 0 Å². The summed E-state index contributed by atoms with van der Waals surface area (Å²) in [4.78, 5) is 0. The maximum absolute atomic E-state index is 8.60. The van der Waals surface area contributed by atoms with Crippen LogP contribution in [0.15, 0.2) is 18.2 Å². The summed E-state index contributed by atoms with van der Waals surface area (Å²) in [5.74, 6) is 0.811. The molecule has 13 heavy (non-hydrogen) atoms. The number of hydrogen-bond acceptors (Lipinski definition) is 3. The Balaban J connectivity index is 2.79. The number of hydrogen-bond donors (Lipinski definition) is 2. The summed E-state index contributed by atoms with van der Waals surface area (Å²) in [5, 5.41) is 8.60. The minimum Gasteiger partial charge on any atom is -0.491 e. The number of rotatable bonds is 4. The molecule has 0 saturated heterocycles. The fraction of sp³-hybridized carbons (Fsp3) is 0.400. The van der Waals surface area contributed by atoms with Crippen molar-refractivity contribution in [3.05, 3.63) is 23.8 Å². The van der Waals surface area contributed by atoms with Crippen molar-refractivity contribution >= 4 is 5.69 Å². The molecule has 0 fully saturated rings. The summed E-state index contributed by atoms with van der Waals surface area (Å²) in [6, 6.07) is 5.53. The molecule has 0 aliphatic heterocycles. The summed E-state index contributed by atoms with van der Waals surface area (Å²) in [5.41, 5.74) is 7.45. The lowest BCUT2D eigenvalue weighted by Gasteiger charge is -2.09. The van der Waals surface area contributed by atoms with Crippen molar-refractivity contribution in [3.8, 4) is 5.75 Å². The van der Waals surface area contributed by atoms with Gasteiger partial charge in [0.2, 0.25) is 0 Å². The summed E-state index contributed by atoms with van der Waals surface area (Å²) in [6.07, 6.45) is 0.881. The molecule has 0 bridgehead atoms. The predicted octanol–water partition coefficient (Wildman–Crippen LogP) is 1.20. The highest BCUT2D eigenvalue weighted by molar-refractivity contribution is 5.47. The normalized spacial score (nSPS) is 10.0. The van der Waals surface area contributed by atoms with Gasteiger partial charge in [0.15, 0.2) is 0 Å². The van der Waals surface area contributed by atoms with E-state index in [9.17, 15) is 0 Å². The number of nitrogens with two attached hydrogens (primary N) is 1. The van der Waals surface area contributed by atoms with Crippen molar-refractivity contribution in [2.75, 3.05) is 18.9 Å². The second-order valence-electron chi connectivity index (χ2n) is 2.79. The van der Waals surface area contributed by atoms with Crippen LogP contribution in [0.3, 0.4) is 0 Å². The van der Waals surface area contributed by atoms with Gasteiger partial charge in [-0.25, -0.2) is 0 Å². The molecule has 3 N–H and O–H groups in total. The number of nitrogen functional groups attached to an aromatic ring is 1. The first kappa shape index (κ1) is 9.86. The molecule has 1 aromatic rings. The van der Waals surface area contributed by atoms with Crippen LogP contribution in [0.1, 0.15) is 12.5 Å². The second kappa shape index (κ2) is 4.72. The molecular formula is C10H15NO2. The third-order valence-corrected chi connectivity index (χ3v) is 1.81. The van der Waals surface area contributed by atoms with Gasteiger partial charge in [0.1, 0.15) is 12.4 Å². The maximum atomic E-state index is 8.60. The van der Waals surface area contributed by atoms with Crippen LogP contribution in [0.5, 0.6) is 5.75 Å². The molecule has 0 spiro atoms. The van der Waals surface area contributed by atoms with Gasteiger partial charge in [0, 0.05) is 5.69 Å². The van der Waals surface area contributed by atoms with Gasteiger partial charge < -0.3 is 15.6 Å². The van der Waals surface area contributed by atoms with Crippen molar-refractivity contribution in [1.82, 2.24) is 0 Å². The Morgan fingerprint density at radius 3 is 2.85 bits per heavy atom. The van der Waals surface area contributed by atoms with Crippen molar-refractivity contribution in [1.29, 1.82) is 0 Å². The summed E-state index contributed by atoms with van der Waals surface area (Å²) in [7, 11) is 0. The van der Waals surface area contributed by atoms with Crippen molar-refractivity contribution in [3.63, 3.8) is 0 Å². The van der Waals surface area contributed by atoms with Crippen LogP contribution in [0, 0.1) is 0 Å². The first-order valence-corrected chi connectivity index (χ1v) is 4.40. The monoisotopic (exact) mass is 181 g/mol. The van der Waals surface area contributed by atoms with E-state index in [-0.39, 0.29) is 6.61 Å². The molecule has 3 heteroatoms. The molecule has 1 aromatic carbocycles. The fourth-order valence-electron chi connectivity index (χ4n) is 1.17. The predicted molar refractivity (Wildman–Crippen MR) is 52.8 cm³/mol. The maximum Gasteiger partial charge on any atom is 0.122 e. The molecular weight excluding hydrogens is 166 g/mol. The minimum atomic E-state index is 0.0352. The van der Waals surface area contributed by atoms with Crippen molar-refractivity contribution < 1.29 is 9.84 Å². The Kier molecular flexibility index (Phi) is 3.58. The molecule has 0 aliphatic rings. The Morgan fingerprint density at radius 2 is 2.23 bits per heavy atom. The van der Waals surface area contributed by atoms with E-state index in [1.807, 2.05) is 19.1 Å². The van der Waals surface area contributed by atoms with Crippen LogP contribution in [-0.2, 0) is 6.42 Å². The fourth-order valence-corrected chi connectivity index (χ4v) is 1.17. The van der Waals surface area contributed by atoms with E-state index in [1.54, 1.807) is 6.07 Å². The minimum absolute atomic E-state index is 0.0352. The van der Waals surface area contributed by atoms with Gasteiger partial charge in [-0.3, -0.25) is 0 Å². The summed E-state index contributed by atoms with van der Waals surface area (Å²) >= 11 is 0. The molecule has 0 amide bonds. The lowest BCUT2D eigenvalue weighted by atomic mass is 10.1. The van der Waals surface area contributed by atoms with Gasteiger partial charge in [-0.2, -0.15) is 0 Å². The Hall–Kier alpha value is -1.22. The van der Waals surface area contributed by atoms with E-state index in [1.165, 1.54) is 0 Å². The van der Waals surface area contributed by atoms with Crippen LogP contribution in [-0.4, -0.2) is 18.3 Å². The van der Waals surface area contributed by atoms with Gasteiger partial charge in [-0.1, -0.05) is 6.92 Å². The molecule has 0 saturated carbocycles. The smallest absolute Gasteiger partial charge is 0.122 e. The first-order valence-electron chi connectivity index (χ1n) is 4.40. The van der Waals surface area contributed by atoms with Gasteiger partial charge in [-0.05, 0) is 30.2 Å². The topological polar surface area (TPSA) is 55.5 Å². The highest BCUT2D eigenvalue weighted by atomic mass is 16.5. The van der Waals surface area contributed by atoms with Crippen molar-refractivity contribution in [2.24, 2.45) is 0 Å². The highest BCUT2D eigenvalue weighted by Crippen LogP contribution is 2.21. The van der Waals surface area contributed by atoms with Crippen LogP contribution in [0.25, 0.3) is 0 Å². The number of aliphatic hydroxyl groups excluding tert-OH is 1. The molecule has 0 atom stereocenters. The molecule has 3 nitrogen and oxygen atoms in total. The van der Waals surface area contributed by atoms with E-state index in [4.69, 9.17) is 15.6 Å². The SMILES string of the molecule is CCc1cc(N)ccc1OCCO. The number of aliphatic hydroxyl groups is 1. The Labute approximate surface area is 78.1 Å². The van der Waals surface area contributed by atoms with Gasteiger partial charge >= 0.3 is 0 Å². The third kappa shape index (κ3) is 2.63. The quantitative estimate of drug-likeness (QED) is 0.686. The first-order chi connectivity index (χ1) is 6.27. The zero-order valence-electron chi connectivity index (χ0n) is 7.79. The molecule has 0 unspecified atom stereocenters. The van der Waals surface area contributed by atoms with Crippen molar-refractivity contribution in [2.45, 2.75) is 13.3 Å². The van der Waals surface area contributed by atoms with Crippen LogP contribution in [0.4, 0.5) is 5.69 Å². The van der Waals surface area contributed by atoms with Gasteiger partial charge in [0.05, 0.1) is 6.61 Å². The van der Waals surface area contributed by atoms with Gasteiger partial charge in [-0.15, -0.1) is 0 Å². The van der Waals surface area contributed by atoms with E-state index in [2.05, 4.69) is 0 Å². The lowest BCUT2D eigenvalue weighted by Crippen LogP contribution is -2.03. The van der Waals surface area contributed by atoms with E-state index >= 15 is 0 Å². The Morgan fingerprint density at radius 1 is 1.46 bits per heavy atom. The highest BCUT2D eigenvalue weighted by Gasteiger charge is 2.01. The largest absolute Gasteiger partial charge is 0.491 e. The van der Waals surface area contributed by atoms with Crippen LogP contribution in [0.2, 0.25) is 0 Å². The zero-order chi connectivity index (χ0) is 9.68.